The van der Waals surface area contributed by atoms with Gasteiger partial charge in [-0.2, -0.15) is 0 Å². The molecule has 1 amide bonds. The normalized spacial score (nSPS) is 19.9. The molecule has 0 spiro atoms. The van der Waals surface area contributed by atoms with E-state index in [4.69, 9.17) is 4.74 Å². The minimum atomic E-state index is -3.12. The van der Waals surface area contributed by atoms with E-state index in [1.54, 1.807) is 13.8 Å². The highest BCUT2D eigenvalue weighted by Gasteiger charge is 2.40. The average molecular weight is 369 g/mol. The summed E-state index contributed by atoms with van der Waals surface area (Å²) in [6.07, 6.45) is 1.09. The van der Waals surface area contributed by atoms with E-state index in [9.17, 15) is 18.3 Å². The molecule has 0 saturated carbocycles. The van der Waals surface area contributed by atoms with Gasteiger partial charge in [0.05, 0.1) is 5.75 Å². The standard InChI is InChI=1S/C18H27NO5S/c1-6-25(22,23)10-9-19-17(21)18(5)8-7-14-13(4)15(20)11(2)12(3)16(14)24-18/h20H,6-10H2,1-5H3,(H,19,21)/t18-/m1/s1. The van der Waals surface area contributed by atoms with Crippen molar-refractivity contribution in [1.29, 1.82) is 0 Å². The number of nitrogens with one attached hydrogen (secondary N) is 1. The molecule has 0 unspecified atom stereocenters. The lowest BCUT2D eigenvalue weighted by Crippen LogP contribution is -2.51. The van der Waals surface area contributed by atoms with Gasteiger partial charge in [0.25, 0.3) is 5.91 Å². The molecule has 2 N–H and O–H groups in total. The maximum Gasteiger partial charge on any atom is 0.263 e. The van der Waals surface area contributed by atoms with E-state index in [1.807, 2.05) is 20.8 Å². The number of carbonyl (C=O) groups is 1. The van der Waals surface area contributed by atoms with Gasteiger partial charge in [-0.3, -0.25) is 4.79 Å². The lowest BCUT2D eigenvalue weighted by Gasteiger charge is -2.36. The van der Waals surface area contributed by atoms with E-state index < -0.39 is 15.4 Å². The van der Waals surface area contributed by atoms with Crippen LogP contribution in [0.4, 0.5) is 0 Å². The number of aromatic hydroxyl groups is 1. The van der Waals surface area contributed by atoms with E-state index in [-0.39, 0.29) is 29.7 Å². The number of hydrogen-bond acceptors (Lipinski definition) is 5. The molecule has 0 radical (unpaired) electrons. The highest BCUT2D eigenvalue weighted by Crippen LogP contribution is 2.43. The first-order valence-electron chi connectivity index (χ1n) is 8.51. The SMILES string of the molecule is CCS(=O)(=O)CCNC(=O)[C@@]1(C)CCc2c(C)c(O)c(C)c(C)c2O1. The summed E-state index contributed by atoms with van der Waals surface area (Å²) in [5, 5.41) is 12.9. The first kappa shape index (κ1) is 19.6. The van der Waals surface area contributed by atoms with Crippen molar-refractivity contribution in [3.63, 3.8) is 0 Å². The van der Waals surface area contributed by atoms with Crippen molar-refractivity contribution >= 4 is 15.7 Å². The van der Waals surface area contributed by atoms with E-state index >= 15 is 0 Å². The maximum atomic E-state index is 12.6. The van der Waals surface area contributed by atoms with Gasteiger partial charge >= 0.3 is 0 Å². The van der Waals surface area contributed by atoms with Crippen LogP contribution in [0, 0.1) is 20.8 Å². The quantitative estimate of drug-likeness (QED) is 0.828. The van der Waals surface area contributed by atoms with Crippen LogP contribution in [0.1, 0.15) is 42.5 Å². The van der Waals surface area contributed by atoms with Crippen molar-refractivity contribution in [3.8, 4) is 11.5 Å². The largest absolute Gasteiger partial charge is 0.507 e. The Bertz CT molecular complexity index is 800. The fourth-order valence-corrected chi connectivity index (χ4v) is 3.76. The minimum absolute atomic E-state index is 0.0608. The van der Waals surface area contributed by atoms with Gasteiger partial charge in [-0.05, 0) is 50.8 Å². The van der Waals surface area contributed by atoms with Crippen LogP contribution in [0.3, 0.4) is 0 Å². The molecule has 7 heteroatoms. The number of ether oxygens (including phenoxy) is 1. The van der Waals surface area contributed by atoms with Gasteiger partial charge in [-0.25, -0.2) is 8.42 Å². The molecular formula is C18H27NO5S. The summed E-state index contributed by atoms with van der Waals surface area (Å²) >= 11 is 0. The third kappa shape index (κ3) is 3.76. The molecule has 0 fully saturated rings. The summed E-state index contributed by atoms with van der Waals surface area (Å²) in [6.45, 7) is 8.92. The Morgan fingerprint density at radius 3 is 2.48 bits per heavy atom. The van der Waals surface area contributed by atoms with Crippen LogP contribution in [0.25, 0.3) is 0 Å². The van der Waals surface area contributed by atoms with Crippen molar-refractivity contribution in [3.05, 3.63) is 22.3 Å². The second-order valence-electron chi connectivity index (χ2n) is 6.86. The molecule has 2 rings (SSSR count). The zero-order valence-corrected chi connectivity index (χ0v) is 16.3. The number of phenolic OH excluding ortho intramolecular Hbond substituents is 1. The predicted octanol–water partition coefficient (Wildman–Crippen LogP) is 1.95. The number of fused-ring (bicyclic) bond motifs is 1. The highest BCUT2D eigenvalue weighted by molar-refractivity contribution is 7.91. The number of rotatable bonds is 5. The Morgan fingerprint density at radius 1 is 1.24 bits per heavy atom. The highest BCUT2D eigenvalue weighted by atomic mass is 32.2. The minimum Gasteiger partial charge on any atom is -0.507 e. The van der Waals surface area contributed by atoms with Gasteiger partial charge in [-0.15, -0.1) is 0 Å². The molecule has 25 heavy (non-hydrogen) atoms. The van der Waals surface area contributed by atoms with E-state index in [0.29, 0.717) is 18.6 Å². The fraction of sp³-hybridized carbons (Fsp3) is 0.611. The van der Waals surface area contributed by atoms with Gasteiger partial charge in [0.2, 0.25) is 0 Å². The van der Waals surface area contributed by atoms with Crippen LogP contribution in [-0.4, -0.2) is 43.1 Å². The molecule has 0 bridgehead atoms. The molecule has 6 nitrogen and oxygen atoms in total. The first-order chi connectivity index (χ1) is 11.5. The smallest absolute Gasteiger partial charge is 0.263 e. The van der Waals surface area contributed by atoms with E-state index in [0.717, 1.165) is 22.3 Å². The summed E-state index contributed by atoms with van der Waals surface area (Å²) in [5.74, 6) is 0.598. The lowest BCUT2D eigenvalue weighted by atomic mass is 9.86. The van der Waals surface area contributed by atoms with Crippen LogP contribution in [0.15, 0.2) is 0 Å². The van der Waals surface area contributed by atoms with Crippen LogP contribution in [-0.2, 0) is 21.1 Å². The average Bonchev–Trinajstić information content (AvgIpc) is 2.57. The summed E-state index contributed by atoms with van der Waals surface area (Å²) in [6, 6.07) is 0. The van der Waals surface area contributed by atoms with Crippen LogP contribution in [0.2, 0.25) is 0 Å². The summed E-state index contributed by atoms with van der Waals surface area (Å²) < 4.78 is 29.2. The van der Waals surface area contributed by atoms with E-state index in [2.05, 4.69) is 5.32 Å². The zero-order valence-electron chi connectivity index (χ0n) is 15.5. The van der Waals surface area contributed by atoms with Gasteiger partial charge < -0.3 is 15.2 Å². The fourth-order valence-electron chi connectivity index (χ4n) is 3.06. The molecule has 1 aliphatic heterocycles. The Morgan fingerprint density at radius 2 is 1.88 bits per heavy atom. The lowest BCUT2D eigenvalue weighted by molar-refractivity contribution is -0.136. The van der Waals surface area contributed by atoms with Crippen molar-refractivity contribution in [2.75, 3.05) is 18.1 Å². The van der Waals surface area contributed by atoms with Crippen molar-refractivity contribution in [2.45, 2.75) is 53.1 Å². The molecule has 0 aliphatic carbocycles. The first-order valence-corrected chi connectivity index (χ1v) is 10.3. The van der Waals surface area contributed by atoms with Crippen LogP contribution >= 0.6 is 0 Å². The van der Waals surface area contributed by atoms with Crippen molar-refractivity contribution < 1.29 is 23.1 Å². The third-order valence-corrected chi connectivity index (χ3v) is 6.84. The molecule has 1 aliphatic rings. The maximum absolute atomic E-state index is 12.6. The second-order valence-corrected chi connectivity index (χ2v) is 9.33. The van der Waals surface area contributed by atoms with Gasteiger partial charge in [-0.1, -0.05) is 6.92 Å². The monoisotopic (exact) mass is 369 g/mol. The number of amides is 1. The summed E-state index contributed by atoms with van der Waals surface area (Å²) in [5.41, 5.74) is 2.23. The zero-order chi connectivity index (χ0) is 19.0. The Hall–Kier alpha value is -1.76. The summed E-state index contributed by atoms with van der Waals surface area (Å²) in [4.78, 5) is 12.6. The third-order valence-electron chi connectivity index (χ3n) is 5.14. The van der Waals surface area contributed by atoms with Crippen molar-refractivity contribution in [1.82, 2.24) is 5.32 Å². The van der Waals surface area contributed by atoms with Crippen molar-refractivity contribution in [2.24, 2.45) is 0 Å². The number of carbonyl (C=O) groups excluding carboxylic acids is 1. The second kappa shape index (κ2) is 6.86. The number of benzene rings is 1. The van der Waals surface area contributed by atoms with Gasteiger partial charge in [0.1, 0.15) is 11.5 Å². The Kier molecular flexibility index (Phi) is 5.37. The number of sulfone groups is 1. The number of hydrogen-bond donors (Lipinski definition) is 2. The van der Waals surface area contributed by atoms with Gasteiger partial charge in [0.15, 0.2) is 15.4 Å². The molecule has 0 aromatic heterocycles. The Labute approximate surface area is 149 Å². The van der Waals surface area contributed by atoms with Gasteiger partial charge in [0, 0.05) is 24.3 Å². The molecule has 1 atom stereocenters. The Balaban J connectivity index is 2.19. The number of phenols is 1. The molecular weight excluding hydrogens is 342 g/mol. The molecule has 0 saturated heterocycles. The van der Waals surface area contributed by atoms with E-state index in [1.165, 1.54) is 0 Å². The van der Waals surface area contributed by atoms with Crippen LogP contribution in [0.5, 0.6) is 11.5 Å². The molecule has 140 valence electrons. The molecule has 1 aromatic carbocycles. The van der Waals surface area contributed by atoms with Crippen LogP contribution < -0.4 is 10.1 Å². The predicted molar refractivity (Wildman–Crippen MR) is 97.0 cm³/mol. The summed E-state index contributed by atoms with van der Waals surface area (Å²) in [7, 11) is -3.12. The molecule has 1 aromatic rings. The topological polar surface area (TPSA) is 92.7 Å². The molecule has 1 heterocycles.